The first-order valence-electron chi connectivity index (χ1n) is 5.94. The Hall–Kier alpha value is -2.36. The first-order valence-corrected chi connectivity index (χ1v) is 5.94. The van der Waals surface area contributed by atoms with Crippen molar-refractivity contribution in [1.82, 2.24) is 4.57 Å². The Labute approximate surface area is 111 Å². The summed E-state index contributed by atoms with van der Waals surface area (Å²) in [7, 11) is 1.35. The molecule has 1 aromatic heterocycles. The quantitative estimate of drug-likeness (QED) is 0.790. The molecule has 0 bridgehead atoms. The van der Waals surface area contributed by atoms with Gasteiger partial charge in [0, 0.05) is 12.3 Å². The second-order valence-electron chi connectivity index (χ2n) is 4.36. The van der Waals surface area contributed by atoms with Gasteiger partial charge in [0.05, 0.1) is 19.2 Å². The van der Waals surface area contributed by atoms with E-state index < -0.39 is 0 Å². The van der Waals surface area contributed by atoms with Crippen LogP contribution < -0.4 is 5.56 Å². The number of hydrogen-bond donors (Lipinski definition) is 0. The normalized spacial score (nSPS) is 10.2. The summed E-state index contributed by atoms with van der Waals surface area (Å²) in [6.07, 6.45) is 1.75. The monoisotopic (exact) mass is 257 g/mol. The minimum Gasteiger partial charge on any atom is -0.465 e. The van der Waals surface area contributed by atoms with Gasteiger partial charge in [0.15, 0.2) is 0 Å². The predicted molar refractivity (Wildman–Crippen MR) is 72.3 cm³/mol. The maximum Gasteiger partial charge on any atom is 0.337 e. The molecule has 2 rings (SSSR count). The molecule has 2 aromatic rings. The average Bonchev–Trinajstić information content (AvgIpc) is 2.41. The number of benzene rings is 1. The van der Waals surface area contributed by atoms with E-state index in [4.69, 9.17) is 0 Å². The van der Waals surface area contributed by atoms with Crippen molar-refractivity contribution in [3.05, 3.63) is 69.6 Å². The van der Waals surface area contributed by atoms with Crippen LogP contribution in [0, 0.1) is 6.92 Å². The lowest BCUT2D eigenvalue weighted by molar-refractivity contribution is 0.0600. The highest BCUT2D eigenvalue weighted by Gasteiger charge is 2.06. The number of aryl methyl sites for hydroxylation is 1. The molecule has 0 atom stereocenters. The maximum atomic E-state index is 11.8. The van der Waals surface area contributed by atoms with Crippen LogP contribution >= 0.6 is 0 Å². The van der Waals surface area contributed by atoms with Crippen LogP contribution in [-0.4, -0.2) is 17.6 Å². The Balaban J connectivity index is 2.28. The molecule has 0 radical (unpaired) electrons. The molecule has 0 unspecified atom stereocenters. The lowest BCUT2D eigenvalue weighted by Gasteiger charge is -2.07. The molecular formula is C15H15NO3. The van der Waals surface area contributed by atoms with Crippen molar-refractivity contribution < 1.29 is 9.53 Å². The van der Waals surface area contributed by atoms with Crippen LogP contribution in [0.15, 0.2) is 47.4 Å². The van der Waals surface area contributed by atoms with Crippen molar-refractivity contribution in [2.75, 3.05) is 7.11 Å². The molecule has 19 heavy (non-hydrogen) atoms. The van der Waals surface area contributed by atoms with Crippen LogP contribution in [0.3, 0.4) is 0 Å². The smallest absolute Gasteiger partial charge is 0.337 e. The van der Waals surface area contributed by atoms with E-state index in [1.54, 1.807) is 35.0 Å². The summed E-state index contributed by atoms with van der Waals surface area (Å²) in [5.41, 5.74) is 2.25. The molecule has 4 nitrogen and oxygen atoms in total. The molecule has 1 heterocycles. The molecule has 98 valence electrons. The lowest BCUT2D eigenvalue weighted by Crippen LogP contribution is -2.19. The Morgan fingerprint density at radius 1 is 1.26 bits per heavy atom. The van der Waals surface area contributed by atoms with Crippen LogP contribution in [0.2, 0.25) is 0 Å². The summed E-state index contributed by atoms with van der Waals surface area (Å²) in [6, 6.07) is 10.5. The number of pyridine rings is 1. The van der Waals surface area contributed by atoms with Crippen LogP contribution in [0.4, 0.5) is 0 Å². The van der Waals surface area contributed by atoms with E-state index >= 15 is 0 Å². The highest BCUT2D eigenvalue weighted by Crippen LogP contribution is 2.08. The number of aromatic nitrogens is 1. The predicted octanol–water partition coefficient (Wildman–Crippen LogP) is 1.99. The molecular weight excluding hydrogens is 242 g/mol. The summed E-state index contributed by atoms with van der Waals surface area (Å²) in [5.74, 6) is -0.377. The Kier molecular flexibility index (Phi) is 3.80. The van der Waals surface area contributed by atoms with E-state index in [1.165, 1.54) is 7.11 Å². The van der Waals surface area contributed by atoms with E-state index in [-0.39, 0.29) is 11.5 Å². The van der Waals surface area contributed by atoms with Gasteiger partial charge in [-0.2, -0.15) is 0 Å². The molecule has 1 aromatic carbocycles. The molecule has 4 heteroatoms. The largest absolute Gasteiger partial charge is 0.465 e. The van der Waals surface area contributed by atoms with Crippen molar-refractivity contribution in [2.45, 2.75) is 13.5 Å². The van der Waals surface area contributed by atoms with Gasteiger partial charge in [0.25, 0.3) is 5.56 Å². The van der Waals surface area contributed by atoms with Gasteiger partial charge in [-0.25, -0.2) is 4.79 Å². The topological polar surface area (TPSA) is 48.3 Å². The van der Waals surface area contributed by atoms with E-state index in [9.17, 15) is 9.59 Å². The number of methoxy groups -OCH3 is 1. The number of nitrogens with zero attached hydrogens (tertiary/aromatic N) is 1. The second-order valence-corrected chi connectivity index (χ2v) is 4.36. The Morgan fingerprint density at radius 2 is 2.05 bits per heavy atom. The molecule has 0 N–H and O–H groups in total. The third kappa shape index (κ3) is 3.10. The molecule has 0 saturated heterocycles. The van der Waals surface area contributed by atoms with Gasteiger partial charge in [-0.1, -0.05) is 12.1 Å². The van der Waals surface area contributed by atoms with Crippen molar-refractivity contribution >= 4 is 5.97 Å². The fraction of sp³-hybridized carbons (Fsp3) is 0.200. The third-order valence-corrected chi connectivity index (χ3v) is 2.85. The Morgan fingerprint density at radius 3 is 2.74 bits per heavy atom. The van der Waals surface area contributed by atoms with Gasteiger partial charge in [0.1, 0.15) is 0 Å². The molecule has 0 fully saturated rings. The minimum absolute atomic E-state index is 0.0523. The zero-order chi connectivity index (χ0) is 13.8. The Bertz CT molecular complexity index is 658. The summed E-state index contributed by atoms with van der Waals surface area (Å²) in [4.78, 5) is 23.2. The van der Waals surface area contributed by atoms with Crippen molar-refractivity contribution in [3.8, 4) is 0 Å². The van der Waals surface area contributed by atoms with Gasteiger partial charge in [-0.05, 0) is 36.2 Å². The summed E-state index contributed by atoms with van der Waals surface area (Å²) < 4.78 is 6.27. The summed E-state index contributed by atoms with van der Waals surface area (Å²) in [6.45, 7) is 2.31. The van der Waals surface area contributed by atoms with Crippen molar-refractivity contribution in [3.63, 3.8) is 0 Å². The van der Waals surface area contributed by atoms with E-state index in [2.05, 4.69) is 4.74 Å². The maximum absolute atomic E-state index is 11.8. The van der Waals surface area contributed by atoms with Crippen molar-refractivity contribution in [1.29, 1.82) is 0 Å². The first kappa shape index (κ1) is 13.1. The standard InChI is InChI=1S/C15H15NO3/c1-11-6-7-16(14(17)8-11)10-12-4-3-5-13(9-12)15(18)19-2/h3-9H,10H2,1-2H3. The first-order chi connectivity index (χ1) is 9.10. The number of carbonyl (C=O) groups is 1. The molecule has 0 saturated carbocycles. The van der Waals surface area contributed by atoms with Gasteiger partial charge < -0.3 is 9.30 Å². The van der Waals surface area contributed by atoms with Crippen LogP contribution in [0.5, 0.6) is 0 Å². The average molecular weight is 257 g/mol. The zero-order valence-electron chi connectivity index (χ0n) is 10.9. The molecule has 0 aliphatic heterocycles. The van der Waals surface area contributed by atoms with Gasteiger partial charge in [-0.3, -0.25) is 4.79 Å². The van der Waals surface area contributed by atoms with Gasteiger partial charge in [0.2, 0.25) is 0 Å². The van der Waals surface area contributed by atoms with E-state index in [0.717, 1.165) is 11.1 Å². The molecule has 0 aliphatic rings. The minimum atomic E-state index is -0.377. The van der Waals surface area contributed by atoms with Crippen LogP contribution in [0.25, 0.3) is 0 Å². The third-order valence-electron chi connectivity index (χ3n) is 2.85. The molecule has 0 aliphatic carbocycles. The molecule has 0 spiro atoms. The summed E-state index contributed by atoms with van der Waals surface area (Å²) >= 11 is 0. The lowest BCUT2D eigenvalue weighted by atomic mass is 10.1. The number of esters is 1. The van der Waals surface area contributed by atoms with Gasteiger partial charge in [-0.15, -0.1) is 0 Å². The highest BCUT2D eigenvalue weighted by molar-refractivity contribution is 5.89. The number of rotatable bonds is 3. The number of ether oxygens (including phenoxy) is 1. The fourth-order valence-corrected chi connectivity index (χ4v) is 1.85. The van der Waals surface area contributed by atoms with Crippen molar-refractivity contribution in [2.24, 2.45) is 0 Å². The number of hydrogen-bond acceptors (Lipinski definition) is 3. The number of carbonyl (C=O) groups excluding carboxylic acids is 1. The molecule has 0 amide bonds. The van der Waals surface area contributed by atoms with Crippen LogP contribution in [-0.2, 0) is 11.3 Å². The fourth-order valence-electron chi connectivity index (χ4n) is 1.85. The van der Waals surface area contributed by atoms with Crippen LogP contribution in [0.1, 0.15) is 21.5 Å². The SMILES string of the molecule is COC(=O)c1cccc(Cn2ccc(C)cc2=O)c1. The van der Waals surface area contributed by atoms with Gasteiger partial charge >= 0.3 is 5.97 Å². The highest BCUT2D eigenvalue weighted by atomic mass is 16.5. The summed E-state index contributed by atoms with van der Waals surface area (Å²) in [5, 5.41) is 0. The second kappa shape index (κ2) is 5.52. The zero-order valence-corrected chi connectivity index (χ0v) is 10.9. The van der Waals surface area contributed by atoms with E-state index in [0.29, 0.717) is 12.1 Å². The van der Waals surface area contributed by atoms with E-state index in [1.807, 2.05) is 19.1 Å².